The molecular weight excluding hydrogens is 132 g/mol. The summed E-state index contributed by atoms with van der Waals surface area (Å²) in [5, 5.41) is 15.8. The van der Waals surface area contributed by atoms with Crippen LogP contribution in [0.25, 0.3) is 0 Å². The van der Waals surface area contributed by atoms with Gasteiger partial charge in [0.05, 0.1) is 0 Å². The van der Waals surface area contributed by atoms with E-state index >= 15 is 0 Å². The standard InChI is InChI=1S/C3H6O3.Ti/c1-2(4)3(5)6;/h2,4H,1H3,(H,5,6);. The van der Waals surface area contributed by atoms with Gasteiger partial charge in [-0.1, -0.05) is 0 Å². The van der Waals surface area contributed by atoms with Crippen LogP contribution in [-0.4, -0.2) is 22.3 Å². The molecule has 1 atom stereocenters. The Hall–Kier alpha value is 0.144. The Morgan fingerprint density at radius 3 is 1.86 bits per heavy atom. The van der Waals surface area contributed by atoms with Gasteiger partial charge in [-0.3, -0.25) is 0 Å². The van der Waals surface area contributed by atoms with Gasteiger partial charge >= 0.3 is 5.97 Å². The molecule has 3 nitrogen and oxygen atoms in total. The number of carboxylic acid groups (broad SMARTS) is 1. The van der Waals surface area contributed by atoms with Crippen LogP contribution in [-0.2, 0) is 26.5 Å². The largest absolute Gasteiger partial charge is 0.479 e. The average Bonchev–Trinajstić information content (AvgIpc) is 1.36. The summed E-state index contributed by atoms with van der Waals surface area (Å²) in [7, 11) is 0. The Morgan fingerprint density at radius 1 is 1.71 bits per heavy atom. The van der Waals surface area contributed by atoms with Gasteiger partial charge in [-0.2, -0.15) is 0 Å². The van der Waals surface area contributed by atoms with Crippen molar-refractivity contribution in [1.82, 2.24) is 0 Å². The Kier molecular flexibility index (Phi) is 6.27. The van der Waals surface area contributed by atoms with Crippen LogP contribution in [0.4, 0.5) is 0 Å². The van der Waals surface area contributed by atoms with Gasteiger partial charge in [0.25, 0.3) is 0 Å². The van der Waals surface area contributed by atoms with Crippen LogP contribution in [0.3, 0.4) is 0 Å². The molecule has 0 spiro atoms. The van der Waals surface area contributed by atoms with Crippen molar-refractivity contribution in [3.8, 4) is 0 Å². The smallest absolute Gasteiger partial charge is 0.332 e. The minimum Gasteiger partial charge on any atom is -0.479 e. The second kappa shape index (κ2) is 4.31. The van der Waals surface area contributed by atoms with Gasteiger partial charge in [-0.15, -0.1) is 0 Å². The third-order valence-corrected chi connectivity index (χ3v) is 0.357. The number of carboxylic acids is 1. The number of hydrogen-bond donors (Lipinski definition) is 2. The summed E-state index contributed by atoms with van der Waals surface area (Å²) in [6.45, 7) is 1.20. The van der Waals surface area contributed by atoms with Gasteiger partial charge in [0.15, 0.2) is 0 Å². The van der Waals surface area contributed by atoms with Crippen molar-refractivity contribution in [1.29, 1.82) is 0 Å². The molecule has 0 radical (unpaired) electrons. The minimum absolute atomic E-state index is 0. The van der Waals surface area contributed by atoms with Gasteiger partial charge in [-0.05, 0) is 6.92 Å². The van der Waals surface area contributed by atoms with Crippen LogP contribution in [0, 0.1) is 0 Å². The Bertz CT molecular complexity index is 61.2. The minimum atomic E-state index is -1.23. The summed E-state index contributed by atoms with van der Waals surface area (Å²) in [6, 6.07) is 0. The van der Waals surface area contributed by atoms with Crippen LogP contribution in [0.15, 0.2) is 0 Å². The summed E-state index contributed by atoms with van der Waals surface area (Å²) < 4.78 is 0. The first-order valence-corrected chi connectivity index (χ1v) is 1.55. The molecule has 0 aliphatic rings. The zero-order valence-electron chi connectivity index (χ0n) is 3.88. The van der Waals surface area contributed by atoms with E-state index in [-0.39, 0.29) is 21.7 Å². The molecule has 0 aromatic rings. The molecule has 0 aliphatic heterocycles. The first kappa shape index (κ1) is 10.2. The summed E-state index contributed by atoms with van der Waals surface area (Å²) in [5.74, 6) is -1.19. The monoisotopic (exact) mass is 138 g/mol. The molecule has 40 valence electrons. The van der Waals surface area contributed by atoms with E-state index in [4.69, 9.17) is 10.2 Å². The van der Waals surface area contributed by atoms with Crippen LogP contribution in [0.2, 0.25) is 0 Å². The molecule has 0 aromatic heterocycles. The van der Waals surface area contributed by atoms with Gasteiger partial charge in [0, 0.05) is 21.7 Å². The summed E-state index contributed by atoms with van der Waals surface area (Å²) in [4.78, 5) is 9.45. The molecule has 4 heteroatoms. The number of aliphatic carboxylic acids is 1. The van der Waals surface area contributed by atoms with E-state index in [9.17, 15) is 4.79 Å². The van der Waals surface area contributed by atoms with Gasteiger partial charge in [-0.25, -0.2) is 4.79 Å². The van der Waals surface area contributed by atoms with Crippen molar-refractivity contribution >= 4 is 5.97 Å². The van der Waals surface area contributed by atoms with Crippen molar-refractivity contribution in [2.24, 2.45) is 0 Å². The molecule has 0 aromatic carbocycles. The third kappa shape index (κ3) is 6.14. The van der Waals surface area contributed by atoms with Gasteiger partial charge < -0.3 is 10.2 Å². The van der Waals surface area contributed by atoms with E-state index in [0.29, 0.717) is 0 Å². The number of aliphatic hydroxyl groups is 1. The molecule has 0 amide bonds. The normalized spacial score (nSPS) is 11.7. The quantitative estimate of drug-likeness (QED) is 0.478. The zero-order valence-corrected chi connectivity index (χ0v) is 5.44. The fourth-order valence-corrected chi connectivity index (χ4v) is 0. The molecule has 0 bridgehead atoms. The molecule has 1 unspecified atom stereocenters. The van der Waals surface area contributed by atoms with Crippen LogP contribution in [0.5, 0.6) is 0 Å². The molecule has 0 rings (SSSR count). The van der Waals surface area contributed by atoms with Gasteiger partial charge in [0.1, 0.15) is 6.10 Å². The van der Waals surface area contributed by atoms with E-state index in [1.807, 2.05) is 0 Å². The van der Waals surface area contributed by atoms with Crippen molar-refractivity contribution in [2.75, 3.05) is 0 Å². The van der Waals surface area contributed by atoms with Crippen LogP contribution >= 0.6 is 0 Å². The molecular formula is C3H6O3Ti. The molecule has 0 heterocycles. The van der Waals surface area contributed by atoms with Crippen LogP contribution < -0.4 is 0 Å². The fourth-order valence-electron chi connectivity index (χ4n) is 0. The average molecular weight is 138 g/mol. The molecule has 0 saturated carbocycles. The third-order valence-electron chi connectivity index (χ3n) is 0.357. The SMILES string of the molecule is CC(O)C(=O)O.[Ti]. The molecule has 0 saturated heterocycles. The first-order valence-electron chi connectivity index (χ1n) is 1.55. The maximum Gasteiger partial charge on any atom is 0.332 e. The van der Waals surface area contributed by atoms with Crippen molar-refractivity contribution < 1.29 is 36.7 Å². The summed E-state index contributed by atoms with van der Waals surface area (Å²) in [6.07, 6.45) is -1.23. The van der Waals surface area contributed by atoms with Gasteiger partial charge in [0.2, 0.25) is 0 Å². The number of carbonyl (C=O) groups is 1. The van der Waals surface area contributed by atoms with Crippen molar-refractivity contribution in [2.45, 2.75) is 13.0 Å². The molecule has 0 aliphatic carbocycles. The van der Waals surface area contributed by atoms with Crippen LogP contribution in [0.1, 0.15) is 6.92 Å². The number of hydrogen-bond acceptors (Lipinski definition) is 2. The zero-order chi connectivity index (χ0) is 5.15. The maximum atomic E-state index is 9.45. The summed E-state index contributed by atoms with van der Waals surface area (Å²) in [5.41, 5.74) is 0. The fraction of sp³-hybridized carbons (Fsp3) is 0.667. The Labute approximate surface area is 56.2 Å². The predicted octanol–water partition coefficient (Wildman–Crippen LogP) is -0.551. The van der Waals surface area contributed by atoms with E-state index in [1.54, 1.807) is 0 Å². The number of rotatable bonds is 1. The molecule has 0 fully saturated rings. The van der Waals surface area contributed by atoms with E-state index < -0.39 is 12.1 Å². The van der Waals surface area contributed by atoms with Crippen molar-refractivity contribution in [3.63, 3.8) is 0 Å². The number of aliphatic hydroxyl groups excluding tert-OH is 1. The molecule has 2 N–H and O–H groups in total. The maximum absolute atomic E-state index is 9.45. The topological polar surface area (TPSA) is 57.5 Å². The second-order valence-corrected chi connectivity index (χ2v) is 1.01. The van der Waals surface area contributed by atoms with E-state index in [2.05, 4.69) is 0 Å². The predicted molar refractivity (Wildman–Crippen MR) is 19.3 cm³/mol. The molecule has 7 heavy (non-hydrogen) atoms. The van der Waals surface area contributed by atoms with Crippen molar-refractivity contribution in [3.05, 3.63) is 0 Å². The van der Waals surface area contributed by atoms with E-state index in [1.165, 1.54) is 6.92 Å². The Balaban J connectivity index is 0. The second-order valence-electron chi connectivity index (χ2n) is 1.01. The first-order chi connectivity index (χ1) is 2.64. The summed E-state index contributed by atoms with van der Waals surface area (Å²) >= 11 is 0. The van der Waals surface area contributed by atoms with E-state index in [0.717, 1.165) is 0 Å². The Morgan fingerprint density at radius 2 is 1.86 bits per heavy atom.